The first-order valence-corrected chi connectivity index (χ1v) is 8.83. The minimum atomic E-state index is -0.433. The molecule has 0 spiro atoms. The van der Waals surface area contributed by atoms with Gasteiger partial charge in [0.05, 0.1) is 0 Å². The SMILES string of the molecule is C=CCN1C(=O)/C(=C/C(C)Cc2ccc(C(C)C)cc2)C(=O)NC1=S. The second-order valence-corrected chi connectivity index (χ2v) is 7.01. The molecular formula is C20H24N2O2S. The smallest absolute Gasteiger partial charge is 0.265 e. The molecule has 4 nitrogen and oxygen atoms in total. The largest absolute Gasteiger partial charge is 0.298 e. The Morgan fingerprint density at radius 3 is 2.40 bits per heavy atom. The number of thiocarbonyl (C=S) groups is 1. The maximum absolute atomic E-state index is 12.5. The van der Waals surface area contributed by atoms with Crippen LogP contribution in [0.4, 0.5) is 0 Å². The number of hydrogen-bond donors (Lipinski definition) is 1. The van der Waals surface area contributed by atoms with Gasteiger partial charge < -0.3 is 0 Å². The Bertz CT molecular complexity index is 720. The fraction of sp³-hybridized carbons (Fsp3) is 0.350. The van der Waals surface area contributed by atoms with Crippen LogP contribution in [0.15, 0.2) is 48.6 Å². The van der Waals surface area contributed by atoms with E-state index in [2.05, 4.69) is 50.0 Å². The summed E-state index contributed by atoms with van der Waals surface area (Å²) in [4.78, 5) is 26.0. The van der Waals surface area contributed by atoms with Gasteiger partial charge in [0.15, 0.2) is 5.11 Å². The molecule has 1 aromatic carbocycles. The van der Waals surface area contributed by atoms with Crippen LogP contribution in [-0.2, 0) is 16.0 Å². The van der Waals surface area contributed by atoms with Crippen molar-refractivity contribution in [3.8, 4) is 0 Å². The van der Waals surface area contributed by atoms with Crippen LogP contribution in [0.3, 0.4) is 0 Å². The number of nitrogens with one attached hydrogen (secondary N) is 1. The maximum atomic E-state index is 12.5. The first kappa shape index (κ1) is 19.1. The normalized spacial score (nSPS) is 17.8. The molecule has 1 saturated heterocycles. The highest BCUT2D eigenvalue weighted by molar-refractivity contribution is 7.80. The third kappa shape index (κ3) is 4.63. The summed E-state index contributed by atoms with van der Waals surface area (Å²) >= 11 is 5.05. The van der Waals surface area contributed by atoms with Crippen LogP contribution >= 0.6 is 12.2 Å². The van der Waals surface area contributed by atoms with E-state index < -0.39 is 5.91 Å². The third-order valence-corrected chi connectivity index (χ3v) is 4.48. The number of amides is 2. The maximum Gasteiger partial charge on any atom is 0.265 e. The van der Waals surface area contributed by atoms with Crippen LogP contribution in [0.25, 0.3) is 0 Å². The van der Waals surface area contributed by atoms with E-state index in [0.717, 1.165) is 6.42 Å². The van der Waals surface area contributed by atoms with Crippen molar-refractivity contribution in [3.63, 3.8) is 0 Å². The van der Waals surface area contributed by atoms with Gasteiger partial charge in [-0.25, -0.2) is 0 Å². The van der Waals surface area contributed by atoms with Gasteiger partial charge in [0.2, 0.25) is 0 Å². The van der Waals surface area contributed by atoms with Crippen molar-refractivity contribution in [2.24, 2.45) is 5.92 Å². The summed E-state index contributed by atoms with van der Waals surface area (Å²) in [5.74, 6) is -0.253. The second-order valence-electron chi connectivity index (χ2n) is 6.62. The van der Waals surface area contributed by atoms with Crippen LogP contribution < -0.4 is 5.32 Å². The molecule has 0 saturated carbocycles. The Labute approximate surface area is 154 Å². The van der Waals surface area contributed by atoms with Crippen molar-refractivity contribution in [1.29, 1.82) is 0 Å². The van der Waals surface area contributed by atoms with Gasteiger partial charge in [0.1, 0.15) is 5.57 Å². The Morgan fingerprint density at radius 1 is 1.20 bits per heavy atom. The van der Waals surface area contributed by atoms with Crippen molar-refractivity contribution in [3.05, 3.63) is 59.7 Å². The average Bonchev–Trinajstić information content (AvgIpc) is 2.56. The first-order chi connectivity index (χ1) is 11.8. The summed E-state index contributed by atoms with van der Waals surface area (Å²) in [5.41, 5.74) is 2.61. The molecule has 1 fully saturated rings. The van der Waals surface area contributed by atoms with Gasteiger partial charge in [-0.1, -0.05) is 57.2 Å². The fourth-order valence-electron chi connectivity index (χ4n) is 2.76. The number of nitrogens with zero attached hydrogens (tertiary/aromatic N) is 1. The van der Waals surface area contributed by atoms with E-state index in [4.69, 9.17) is 12.2 Å². The van der Waals surface area contributed by atoms with Gasteiger partial charge in [0, 0.05) is 6.54 Å². The van der Waals surface area contributed by atoms with Crippen LogP contribution in [0, 0.1) is 5.92 Å². The molecule has 0 aromatic heterocycles. The van der Waals surface area contributed by atoms with E-state index in [1.807, 2.05) is 6.92 Å². The molecule has 1 aromatic rings. The molecule has 1 aliphatic heterocycles. The number of benzene rings is 1. The molecule has 2 rings (SSSR count). The Morgan fingerprint density at radius 2 is 1.84 bits per heavy atom. The third-order valence-electron chi connectivity index (χ3n) is 4.15. The second kappa shape index (κ2) is 8.21. The monoisotopic (exact) mass is 356 g/mol. The number of carbonyl (C=O) groups is 2. The lowest BCUT2D eigenvalue weighted by Crippen LogP contribution is -2.54. The van der Waals surface area contributed by atoms with Gasteiger partial charge in [0.25, 0.3) is 11.8 Å². The van der Waals surface area contributed by atoms with Gasteiger partial charge in [-0.15, -0.1) is 6.58 Å². The van der Waals surface area contributed by atoms with Crippen molar-refractivity contribution in [2.75, 3.05) is 6.54 Å². The molecule has 1 unspecified atom stereocenters. The number of allylic oxidation sites excluding steroid dienone is 1. The van der Waals surface area contributed by atoms with Crippen molar-refractivity contribution >= 4 is 29.1 Å². The molecular weight excluding hydrogens is 332 g/mol. The fourth-order valence-corrected chi connectivity index (χ4v) is 3.01. The number of carbonyl (C=O) groups excluding carboxylic acids is 2. The molecule has 25 heavy (non-hydrogen) atoms. The van der Waals surface area contributed by atoms with E-state index in [-0.39, 0.29) is 29.1 Å². The van der Waals surface area contributed by atoms with Crippen molar-refractivity contribution in [1.82, 2.24) is 10.2 Å². The zero-order valence-corrected chi connectivity index (χ0v) is 15.7. The quantitative estimate of drug-likeness (QED) is 0.368. The summed E-state index contributed by atoms with van der Waals surface area (Å²) in [6, 6.07) is 8.46. The number of rotatable bonds is 6. The number of hydrogen-bond acceptors (Lipinski definition) is 3. The van der Waals surface area contributed by atoms with Crippen LogP contribution in [0.5, 0.6) is 0 Å². The highest BCUT2D eigenvalue weighted by Gasteiger charge is 2.32. The van der Waals surface area contributed by atoms with Crippen LogP contribution in [-0.4, -0.2) is 28.4 Å². The molecule has 5 heteroatoms. The summed E-state index contributed by atoms with van der Waals surface area (Å²) in [7, 11) is 0. The molecule has 0 aliphatic carbocycles. The van der Waals surface area contributed by atoms with Gasteiger partial charge >= 0.3 is 0 Å². The molecule has 0 radical (unpaired) electrons. The lowest BCUT2D eigenvalue weighted by Gasteiger charge is -2.28. The predicted molar refractivity (Wildman–Crippen MR) is 104 cm³/mol. The van der Waals surface area contributed by atoms with Crippen LogP contribution in [0.1, 0.15) is 37.8 Å². The Kier molecular flexibility index (Phi) is 6.26. The average molecular weight is 356 g/mol. The van der Waals surface area contributed by atoms with E-state index in [0.29, 0.717) is 5.92 Å². The lowest BCUT2D eigenvalue weighted by molar-refractivity contribution is -0.128. The molecule has 0 bridgehead atoms. The van der Waals surface area contributed by atoms with Gasteiger partial charge in [-0.05, 0) is 41.6 Å². The Hall–Kier alpha value is -2.27. The van der Waals surface area contributed by atoms with E-state index in [1.165, 1.54) is 16.0 Å². The zero-order chi connectivity index (χ0) is 18.6. The highest BCUT2D eigenvalue weighted by atomic mass is 32.1. The lowest BCUT2D eigenvalue weighted by atomic mass is 9.95. The minimum Gasteiger partial charge on any atom is -0.298 e. The van der Waals surface area contributed by atoms with E-state index in [1.54, 1.807) is 12.2 Å². The summed E-state index contributed by atoms with van der Waals surface area (Å²) in [5, 5.41) is 2.69. The minimum absolute atomic E-state index is 0.0480. The molecule has 1 aliphatic rings. The van der Waals surface area contributed by atoms with E-state index >= 15 is 0 Å². The van der Waals surface area contributed by atoms with Crippen molar-refractivity contribution < 1.29 is 9.59 Å². The van der Waals surface area contributed by atoms with Gasteiger partial charge in [-0.2, -0.15) is 0 Å². The summed E-state index contributed by atoms with van der Waals surface area (Å²) in [6.45, 7) is 10.2. The highest BCUT2D eigenvalue weighted by Crippen LogP contribution is 2.19. The van der Waals surface area contributed by atoms with E-state index in [9.17, 15) is 9.59 Å². The molecule has 1 atom stereocenters. The topological polar surface area (TPSA) is 49.4 Å². The first-order valence-electron chi connectivity index (χ1n) is 8.42. The zero-order valence-electron chi connectivity index (χ0n) is 14.9. The molecule has 2 amide bonds. The molecule has 132 valence electrons. The summed E-state index contributed by atoms with van der Waals surface area (Å²) < 4.78 is 0. The van der Waals surface area contributed by atoms with Crippen molar-refractivity contribution in [2.45, 2.75) is 33.1 Å². The molecule has 1 heterocycles. The summed E-state index contributed by atoms with van der Waals surface area (Å²) in [6.07, 6.45) is 4.07. The predicted octanol–water partition coefficient (Wildman–Crippen LogP) is 3.34. The standard InChI is InChI=1S/C20H24N2O2S/c1-5-10-22-19(24)17(18(23)21-20(22)25)12-14(4)11-15-6-8-16(9-7-15)13(2)3/h5-9,12-14H,1,10-11H2,2-4H3,(H,21,23,25)/b17-12+. The Balaban J connectivity index is 2.14. The molecule has 1 N–H and O–H groups in total. The van der Waals surface area contributed by atoms with Crippen LogP contribution in [0.2, 0.25) is 0 Å². The van der Waals surface area contributed by atoms with Gasteiger partial charge in [-0.3, -0.25) is 19.8 Å².